The first-order valence-electron chi connectivity index (χ1n) is 21.8. The zero-order chi connectivity index (χ0) is 50.3. The largest absolute Gasteiger partial charge is 0.508 e. The van der Waals surface area contributed by atoms with Crippen LogP contribution in [0.1, 0.15) is 74.8 Å². The van der Waals surface area contributed by atoms with Crippen LogP contribution in [0, 0.1) is 0 Å². The van der Waals surface area contributed by atoms with Crippen LogP contribution in [0.3, 0.4) is 0 Å². The van der Waals surface area contributed by atoms with Crippen molar-refractivity contribution in [1.82, 2.24) is 21.3 Å². The summed E-state index contributed by atoms with van der Waals surface area (Å²) < 4.78 is 0. The number of carboxylic acid groups (broad SMARTS) is 4. The normalized spacial score (nSPS) is 12.5. The van der Waals surface area contributed by atoms with Crippen LogP contribution in [-0.2, 0) is 51.3 Å². The maximum atomic E-state index is 14.0. The number of amides is 4. The fourth-order valence-electron chi connectivity index (χ4n) is 7.53. The second kappa shape index (κ2) is 23.6. The van der Waals surface area contributed by atoms with Crippen LogP contribution in [0.4, 0.5) is 0 Å². The maximum absolute atomic E-state index is 14.0. The van der Waals surface area contributed by atoms with Gasteiger partial charge in [0.2, 0.25) is 0 Å². The smallest absolute Gasteiger partial charge is 0.326 e. The summed E-state index contributed by atoms with van der Waals surface area (Å²) in [4.78, 5) is 105. The lowest BCUT2D eigenvalue weighted by atomic mass is 9.95. The highest BCUT2D eigenvalue weighted by Crippen LogP contribution is 2.21. The van der Waals surface area contributed by atoms with Gasteiger partial charge in [-0.3, -0.25) is 19.2 Å². The van der Waals surface area contributed by atoms with Crippen molar-refractivity contribution >= 4 is 47.5 Å². The zero-order valence-corrected chi connectivity index (χ0v) is 37.3. The van der Waals surface area contributed by atoms with Crippen molar-refractivity contribution in [3.05, 3.63) is 207 Å². The van der Waals surface area contributed by atoms with Crippen molar-refractivity contribution in [3.8, 4) is 5.75 Å². The maximum Gasteiger partial charge on any atom is 0.326 e. The number of aromatic hydroxyl groups is 1. The Morgan fingerprint density at radius 1 is 0.329 bits per heavy atom. The third-order valence-electron chi connectivity index (χ3n) is 11.1. The van der Waals surface area contributed by atoms with E-state index >= 15 is 0 Å². The molecule has 4 atom stereocenters. The van der Waals surface area contributed by atoms with Crippen LogP contribution in [-0.4, -0.2) is 97.2 Å². The highest BCUT2D eigenvalue weighted by Gasteiger charge is 2.27. The van der Waals surface area contributed by atoms with Gasteiger partial charge in [0.15, 0.2) is 0 Å². The summed E-state index contributed by atoms with van der Waals surface area (Å²) in [6.07, 6.45) is -0.742. The molecule has 0 heterocycles. The molecule has 17 heteroatoms. The average Bonchev–Trinajstić information content (AvgIpc) is 3.34. The Hall–Kier alpha value is -9.12. The molecule has 0 fully saturated rings. The average molecular weight is 949 g/mol. The summed E-state index contributed by atoms with van der Waals surface area (Å²) in [7, 11) is 0. The number of phenolic OH excluding ortho intramolecular Hbond substituents is 1. The van der Waals surface area contributed by atoms with E-state index in [0.717, 1.165) is 6.07 Å². The molecule has 0 spiro atoms. The lowest BCUT2D eigenvalue weighted by molar-refractivity contribution is -0.140. The SMILES string of the molecule is O=C(NC(Cc1ccccc1)C(=O)O)c1cc(Cc2cc(C(=O)NC(Cc3ccccc3)C(=O)O)cc(C(=O)NC(Cc3ccc(O)cc3)C(=O)O)c2)cc(C(=O)NC(Cc2ccccc2)C(=O)O)c1. The third kappa shape index (κ3) is 14.4. The number of hydrogen-bond donors (Lipinski definition) is 9. The topological polar surface area (TPSA) is 286 Å². The standard InChI is InChI=1S/C53H48N4O13/c58-41-18-16-34(17-19-41)28-45(53(69)70)57-49(62)40-24-36(23-39(30-40)48(61)56-44(52(67)68)27-33-14-8-3-9-15-33)20-35-21-37(46(59)54-42(50(63)64)25-31-10-4-1-5-11-31)29-38(22-35)47(60)55-43(51(65)66)26-32-12-6-2-7-13-32/h1-19,21-24,29-30,42-45,58H,20,25-28H2,(H,54,59)(H,55,60)(H,56,61)(H,57,62)(H,63,64)(H,65,66)(H,67,68)(H,69,70). The van der Waals surface area contributed by atoms with Crippen LogP contribution in [0.15, 0.2) is 152 Å². The second-order valence-electron chi connectivity index (χ2n) is 16.4. The van der Waals surface area contributed by atoms with E-state index in [1.165, 1.54) is 54.6 Å². The highest BCUT2D eigenvalue weighted by molar-refractivity contribution is 6.03. The monoisotopic (exact) mass is 948 g/mol. The van der Waals surface area contributed by atoms with Crippen molar-refractivity contribution < 1.29 is 63.9 Å². The molecule has 6 rings (SSSR count). The number of benzene rings is 6. The fraction of sp³-hybridized carbons (Fsp3) is 0.170. The minimum absolute atomic E-state index is 0.0601. The molecule has 0 bridgehead atoms. The Labute approximate surface area is 400 Å². The van der Waals surface area contributed by atoms with Crippen LogP contribution in [0.25, 0.3) is 0 Å². The number of nitrogens with one attached hydrogen (secondary N) is 4. The minimum atomic E-state index is -1.50. The van der Waals surface area contributed by atoms with Gasteiger partial charge >= 0.3 is 23.9 Å². The molecule has 358 valence electrons. The predicted octanol–water partition coefficient (Wildman–Crippen LogP) is 4.69. The molecular weight excluding hydrogens is 901 g/mol. The van der Waals surface area contributed by atoms with E-state index in [1.807, 2.05) is 0 Å². The van der Waals surface area contributed by atoms with Crippen LogP contribution in [0.5, 0.6) is 5.75 Å². The van der Waals surface area contributed by atoms with Crippen LogP contribution >= 0.6 is 0 Å². The molecule has 9 N–H and O–H groups in total. The molecule has 0 aliphatic carbocycles. The van der Waals surface area contributed by atoms with E-state index in [-0.39, 0.29) is 71.2 Å². The first kappa shape index (κ1) is 50.3. The van der Waals surface area contributed by atoms with Gasteiger partial charge in [-0.2, -0.15) is 0 Å². The Kier molecular flexibility index (Phi) is 16.9. The summed E-state index contributed by atoms with van der Waals surface area (Å²) in [5.74, 6) is -9.17. The molecular formula is C53H48N4O13. The summed E-state index contributed by atoms with van der Waals surface area (Å²) in [6.45, 7) is 0. The highest BCUT2D eigenvalue weighted by atomic mass is 16.4. The lowest BCUT2D eigenvalue weighted by Gasteiger charge is -2.18. The number of carbonyl (C=O) groups excluding carboxylic acids is 4. The summed E-state index contributed by atoms with van der Waals surface area (Å²) in [5.41, 5.74) is 1.81. The van der Waals surface area contributed by atoms with Gasteiger partial charge in [-0.05, 0) is 88.3 Å². The van der Waals surface area contributed by atoms with E-state index < -0.39 is 71.7 Å². The molecule has 0 radical (unpaired) electrons. The number of hydrogen-bond acceptors (Lipinski definition) is 9. The van der Waals surface area contributed by atoms with Gasteiger partial charge in [0.25, 0.3) is 23.6 Å². The van der Waals surface area contributed by atoms with Crippen molar-refractivity contribution in [2.24, 2.45) is 0 Å². The van der Waals surface area contributed by atoms with Gasteiger partial charge in [0, 0.05) is 47.9 Å². The Bertz CT molecular complexity index is 2780. The molecule has 0 saturated heterocycles. The van der Waals surface area contributed by atoms with Gasteiger partial charge < -0.3 is 46.8 Å². The molecule has 70 heavy (non-hydrogen) atoms. The molecule has 0 aromatic heterocycles. The minimum Gasteiger partial charge on any atom is -0.508 e. The van der Waals surface area contributed by atoms with Crippen LogP contribution in [0.2, 0.25) is 0 Å². The number of phenols is 1. The molecule has 0 aliphatic rings. The molecule has 0 saturated carbocycles. The van der Waals surface area contributed by atoms with Gasteiger partial charge in [-0.15, -0.1) is 0 Å². The van der Waals surface area contributed by atoms with E-state index in [2.05, 4.69) is 21.3 Å². The molecule has 17 nitrogen and oxygen atoms in total. The van der Waals surface area contributed by atoms with E-state index in [9.17, 15) is 63.9 Å². The Balaban J connectivity index is 1.38. The third-order valence-corrected chi connectivity index (χ3v) is 11.1. The Morgan fingerprint density at radius 2 is 0.571 bits per heavy atom. The molecule has 6 aromatic carbocycles. The first-order chi connectivity index (χ1) is 33.5. The molecule has 6 aromatic rings. The number of aliphatic carboxylic acids is 4. The van der Waals surface area contributed by atoms with Crippen molar-refractivity contribution in [3.63, 3.8) is 0 Å². The van der Waals surface area contributed by atoms with Crippen molar-refractivity contribution in [1.29, 1.82) is 0 Å². The lowest BCUT2D eigenvalue weighted by Crippen LogP contribution is -2.43. The summed E-state index contributed by atoms with van der Waals surface area (Å²) >= 11 is 0. The number of rotatable bonds is 22. The van der Waals surface area contributed by atoms with Gasteiger partial charge in [-0.1, -0.05) is 103 Å². The van der Waals surface area contributed by atoms with Crippen molar-refractivity contribution in [2.75, 3.05) is 0 Å². The first-order valence-corrected chi connectivity index (χ1v) is 21.8. The summed E-state index contributed by atoms with van der Waals surface area (Å²) in [6, 6.07) is 33.1. The second-order valence-corrected chi connectivity index (χ2v) is 16.4. The van der Waals surface area contributed by atoms with E-state index in [4.69, 9.17) is 0 Å². The van der Waals surface area contributed by atoms with Crippen LogP contribution < -0.4 is 21.3 Å². The van der Waals surface area contributed by atoms with Gasteiger partial charge in [-0.25, -0.2) is 19.2 Å². The Morgan fingerprint density at radius 3 is 0.814 bits per heavy atom. The van der Waals surface area contributed by atoms with Crippen molar-refractivity contribution in [2.45, 2.75) is 56.3 Å². The van der Waals surface area contributed by atoms with E-state index in [1.54, 1.807) is 91.0 Å². The predicted molar refractivity (Wildman–Crippen MR) is 253 cm³/mol. The molecule has 0 aliphatic heterocycles. The van der Waals surface area contributed by atoms with Gasteiger partial charge in [0.1, 0.15) is 29.9 Å². The number of carboxylic acids is 4. The summed E-state index contributed by atoms with van der Waals surface area (Å²) in [5, 5.41) is 60.0. The zero-order valence-electron chi connectivity index (χ0n) is 37.3. The van der Waals surface area contributed by atoms with E-state index in [0.29, 0.717) is 22.3 Å². The number of carbonyl (C=O) groups is 8. The van der Waals surface area contributed by atoms with Gasteiger partial charge in [0.05, 0.1) is 0 Å². The fourth-order valence-corrected chi connectivity index (χ4v) is 7.53. The quantitative estimate of drug-likeness (QED) is 0.0447. The molecule has 4 amide bonds. The molecule has 4 unspecified atom stereocenters.